The molecule has 0 bridgehead atoms. The van der Waals surface area contributed by atoms with E-state index < -0.39 is 12.0 Å². The number of ether oxygens (including phenoxy) is 5. The molecular formula is C35H34BrClN2O7S. The van der Waals surface area contributed by atoms with Gasteiger partial charge in [0, 0.05) is 9.50 Å². The molecule has 0 amide bonds. The highest BCUT2D eigenvalue weighted by Gasteiger charge is 2.35. The van der Waals surface area contributed by atoms with Crippen LogP contribution < -0.4 is 33.8 Å². The summed E-state index contributed by atoms with van der Waals surface area (Å²) in [5.74, 6) is 1.56. The van der Waals surface area contributed by atoms with Crippen LogP contribution in [-0.2, 0) is 16.1 Å². The van der Waals surface area contributed by atoms with Gasteiger partial charge in [-0.1, -0.05) is 57.1 Å². The van der Waals surface area contributed by atoms with Crippen LogP contribution in [0.25, 0.3) is 6.08 Å². The summed E-state index contributed by atoms with van der Waals surface area (Å²) in [5, 5.41) is 0.656. The standard InChI is InChI=1S/C35H34BrClN2O7S/c1-6-43-28-15-22(11-14-26(28)46-19-21-9-12-23(37)13-10-21)16-30-33(40)39-32(24-17-27(42-5)29(44-7-2)18-25(24)36)31(34(41)45-8-3)20(4)38-35(39)47-30/h9-18,32H,6-8,19H2,1-5H3/b30-16+/t32-/m0/s1. The fourth-order valence-electron chi connectivity index (χ4n) is 5.17. The number of methoxy groups -OCH3 is 1. The fourth-order valence-corrected chi connectivity index (χ4v) is 6.88. The summed E-state index contributed by atoms with van der Waals surface area (Å²) in [7, 11) is 1.54. The summed E-state index contributed by atoms with van der Waals surface area (Å²) < 4.78 is 31.4. The van der Waals surface area contributed by atoms with Crippen molar-refractivity contribution in [3.05, 3.63) is 112 Å². The molecule has 4 aromatic rings. The highest BCUT2D eigenvalue weighted by molar-refractivity contribution is 9.10. The second-order valence-electron chi connectivity index (χ2n) is 10.3. The zero-order valence-corrected chi connectivity index (χ0v) is 29.8. The first kappa shape index (κ1) is 34.3. The molecule has 1 aliphatic rings. The van der Waals surface area contributed by atoms with Crippen molar-refractivity contribution in [2.75, 3.05) is 26.9 Å². The lowest BCUT2D eigenvalue weighted by atomic mass is 9.95. The van der Waals surface area contributed by atoms with Crippen molar-refractivity contribution < 1.29 is 28.5 Å². The minimum Gasteiger partial charge on any atom is -0.493 e. The van der Waals surface area contributed by atoms with Gasteiger partial charge in [0.1, 0.15) is 6.61 Å². The van der Waals surface area contributed by atoms with Gasteiger partial charge in [-0.25, -0.2) is 9.79 Å². The SMILES string of the molecule is CCOC(=O)C1=C(C)N=c2s/c(=C/c3ccc(OCc4ccc(Cl)cc4)c(OCC)c3)c(=O)n2[C@H]1c1cc(OC)c(OCC)cc1Br. The number of nitrogens with zero attached hydrogens (tertiary/aromatic N) is 2. The van der Waals surface area contributed by atoms with Crippen molar-refractivity contribution >= 4 is 50.9 Å². The summed E-state index contributed by atoms with van der Waals surface area (Å²) in [5.41, 5.74) is 2.73. The van der Waals surface area contributed by atoms with Crippen molar-refractivity contribution in [1.82, 2.24) is 4.57 Å². The van der Waals surface area contributed by atoms with E-state index in [1.54, 1.807) is 39.2 Å². The number of thiazole rings is 1. The third-order valence-corrected chi connectivity index (χ3v) is 9.19. The number of fused-ring (bicyclic) bond motifs is 1. The van der Waals surface area contributed by atoms with Gasteiger partial charge in [-0.05, 0) is 86.9 Å². The number of benzene rings is 3. The van der Waals surface area contributed by atoms with Gasteiger partial charge in [-0.15, -0.1) is 0 Å². The molecule has 0 unspecified atom stereocenters. The molecule has 0 N–H and O–H groups in total. The predicted molar refractivity (Wildman–Crippen MR) is 186 cm³/mol. The molecular weight excluding hydrogens is 708 g/mol. The molecule has 1 atom stereocenters. The van der Waals surface area contributed by atoms with E-state index in [1.165, 1.54) is 15.9 Å². The number of aromatic nitrogens is 1. The normalized spacial score (nSPS) is 14.4. The highest BCUT2D eigenvalue weighted by atomic mass is 79.9. The van der Waals surface area contributed by atoms with E-state index in [0.29, 0.717) is 72.9 Å². The van der Waals surface area contributed by atoms with E-state index >= 15 is 0 Å². The lowest BCUT2D eigenvalue weighted by Crippen LogP contribution is -2.40. The number of hydrogen-bond acceptors (Lipinski definition) is 9. The van der Waals surface area contributed by atoms with Crippen LogP contribution >= 0.6 is 38.9 Å². The van der Waals surface area contributed by atoms with Gasteiger partial charge >= 0.3 is 5.97 Å². The van der Waals surface area contributed by atoms with Crippen molar-refractivity contribution in [3.8, 4) is 23.0 Å². The van der Waals surface area contributed by atoms with Crippen LogP contribution in [0.3, 0.4) is 0 Å². The highest BCUT2D eigenvalue weighted by Crippen LogP contribution is 2.41. The minimum atomic E-state index is -0.839. The molecule has 3 aromatic carbocycles. The average Bonchev–Trinajstić information content (AvgIpc) is 3.35. The quantitative estimate of drug-likeness (QED) is 0.151. The van der Waals surface area contributed by atoms with Crippen molar-refractivity contribution in [2.24, 2.45) is 4.99 Å². The van der Waals surface area contributed by atoms with Gasteiger partial charge < -0.3 is 23.7 Å². The van der Waals surface area contributed by atoms with E-state index in [0.717, 1.165) is 11.1 Å². The Morgan fingerprint density at radius 3 is 2.32 bits per heavy atom. The molecule has 0 radical (unpaired) electrons. The average molecular weight is 742 g/mol. The van der Waals surface area contributed by atoms with Gasteiger partial charge in [0.2, 0.25) is 0 Å². The van der Waals surface area contributed by atoms with E-state index in [9.17, 15) is 9.59 Å². The molecule has 1 aromatic heterocycles. The first-order chi connectivity index (χ1) is 22.7. The number of rotatable bonds is 12. The molecule has 0 fully saturated rings. The maximum Gasteiger partial charge on any atom is 0.338 e. The zero-order valence-electron chi connectivity index (χ0n) is 26.6. The van der Waals surface area contributed by atoms with Gasteiger partial charge in [0.25, 0.3) is 5.56 Å². The summed E-state index contributed by atoms with van der Waals surface area (Å²) >= 11 is 10.9. The third-order valence-electron chi connectivity index (χ3n) is 7.27. The summed E-state index contributed by atoms with van der Waals surface area (Å²) in [6.07, 6.45) is 1.78. The molecule has 246 valence electrons. The van der Waals surface area contributed by atoms with Crippen LogP contribution in [-0.4, -0.2) is 37.5 Å². The molecule has 1 aliphatic heterocycles. The topological polar surface area (TPSA) is 97.6 Å². The van der Waals surface area contributed by atoms with E-state index in [-0.39, 0.29) is 17.7 Å². The van der Waals surface area contributed by atoms with E-state index in [4.69, 9.17) is 35.3 Å². The van der Waals surface area contributed by atoms with Crippen LogP contribution in [0, 0.1) is 0 Å². The van der Waals surface area contributed by atoms with Gasteiger partial charge in [-0.2, -0.15) is 0 Å². The van der Waals surface area contributed by atoms with Gasteiger partial charge in [0.15, 0.2) is 27.8 Å². The molecule has 0 saturated heterocycles. The number of carbonyl (C=O) groups excluding carboxylic acids is 1. The van der Waals surface area contributed by atoms with E-state index in [1.807, 2.05) is 56.3 Å². The largest absolute Gasteiger partial charge is 0.493 e. The van der Waals surface area contributed by atoms with Crippen molar-refractivity contribution in [3.63, 3.8) is 0 Å². The van der Waals surface area contributed by atoms with Crippen LogP contribution in [0.2, 0.25) is 5.02 Å². The Labute approximate surface area is 289 Å². The van der Waals surface area contributed by atoms with Crippen LogP contribution in [0.4, 0.5) is 0 Å². The molecule has 2 heterocycles. The molecule has 12 heteroatoms. The van der Waals surface area contributed by atoms with Crippen molar-refractivity contribution in [2.45, 2.75) is 40.3 Å². The number of hydrogen-bond donors (Lipinski definition) is 0. The number of halogens is 2. The minimum absolute atomic E-state index is 0.169. The lowest BCUT2D eigenvalue weighted by molar-refractivity contribution is -0.139. The molecule has 0 saturated carbocycles. The molecule has 9 nitrogen and oxygen atoms in total. The molecule has 5 rings (SSSR count). The Kier molecular flexibility index (Phi) is 11.1. The lowest BCUT2D eigenvalue weighted by Gasteiger charge is -2.26. The monoisotopic (exact) mass is 740 g/mol. The van der Waals surface area contributed by atoms with Crippen LogP contribution in [0.5, 0.6) is 23.0 Å². The van der Waals surface area contributed by atoms with Crippen molar-refractivity contribution in [1.29, 1.82) is 0 Å². The maximum absolute atomic E-state index is 14.2. The maximum atomic E-state index is 14.2. The van der Waals surface area contributed by atoms with E-state index in [2.05, 4.69) is 20.9 Å². The number of carbonyl (C=O) groups is 1. The second-order valence-corrected chi connectivity index (χ2v) is 12.6. The van der Waals surface area contributed by atoms with Gasteiger partial charge in [0.05, 0.1) is 48.8 Å². The summed E-state index contributed by atoms with van der Waals surface area (Å²) in [4.78, 5) is 32.7. The molecule has 0 aliphatic carbocycles. The van der Waals surface area contributed by atoms with Crippen LogP contribution in [0.1, 0.15) is 50.4 Å². The Morgan fingerprint density at radius 2 is 1.66 bits per heavy atom. The first-order valence-electron chi connectivity index (χ1n) is 15.0. The van der Waals surface area contributed by atoms with Crippen LogP contribution in [0.15, 0.2) is 80.1 Å². The molecule has 47 heavy (non-hydrogen) atoms. The summed E-state index contributed by atoms with van der Waals surface area (Å²) in [6, 6.07) is 15.7. The Hall–Kier alpha value is -4.06. The zero-order chi connectivity index (χ0) is 33.7. The fraction of sp³-hybridized carbons (Fsp3) is 0.286. The smallest absolute Gasteiger partial charge is 0.338 e. The molecule has 0 spiro atoms. The summed E-state index contributed by atoms with van der Waals surface area (Å²) in [6.45, 7) is 8.62. The Morgan fingerprint density at radius 1 is 0.957 bits per heavy atom. The Bertz CT molecular complexity index is 2000. The Balaban J connectivity index is 1.60. The number of allylic oxidation sites excluding steroid dienone is 1. The number of esters is 1. The first-order valence-corrected chi connectivity index (χ1v) is 17.0. The predicted octanol–water partition coefficient (Wildman–Crippen LogP) is 6.60. The third kappa shape index (κ3) is 7.42. The second kappa shape index (κ2) is 15.2. The van der Waals surface area contributed by atoms with Gasteiger partial charge in [-0.3, -0.25) is 9.36 Å².